The number of methoxy groups -OCH3 is 1. The average molecular weight is 1070 g/mol. The van der Waals surface area contributed by atoms with Crippen molar-refractivity contribution in [2.75, 3.05) is 20.3 Å². The second-order valence-electron chi connectivity index (χ2n) is 25.7. The van der Waals surface area contributed by atoms with Crippen LogP contribution in [-0.2, 0) is 52.2 Å². The highest BCUT2D eigenvalue weighted by Gasteiger charge is 2.72. The van der Waals surface area contributed by atoms with Crippen LogP contribution in [0, 0.1) is 50.2 Å². The molecule has 5 aliphatic carbocycles. The number of rotatable bonds is 9. The van der Waals surface area contributed by atoms with Gasteiger partial charge in [-0.1, -0.05) is 60.1 Å². The zero-order valence-electron chi connectivity index (χ0n) is 44.5. The molecule has 0 unspecified atom stereocenters. The van der Waals surface area contributed by atoms with E-state index in [1.807, 2.05) is 0 Å². The molecule has 4 saturated carbocycles. The molecule has 0 bridgehead atoms. The third-order valence-corrected chi connectivity index (χ3v) is 20.8. The summed E-state index contributed by atoms with van der Waals surface area (Å²) in [6.45, 7) is 16.2. The van der Waals surface area contributed by atoms with Gasteiger partial charge in [0.05, 0.1) is 38.6 Å². The molecule has 0 aromatic heterocycles. The molecule has 27 atom stereocenters. The van der Waals surface area contributed by atoms with Crippen LogP contribution in [-0.4, -0.2) is 211 Å². The molecule has 9 rings (SSSR count). The zero-order chi connectivity index (χ0) is 54.9. The monoisotopic (exact) mass is 1070 g/mol. The van der Waals surface area contributed by atoms with Gasteiger partial charge in [-0.15, -0.1) is 0 Å². The van der Waals surface area contributed by atoms with Crippen LogP contribution in [0.25, 0.3) is 0 Å². The molecule has 11 N–H and O–H groups in total. The summed E-state index contributed by atoms with van der Waals surface area (Å²) in [5.74, 6) is -1.88. The largest absolute Gasteiger partial charge is 0.467 e. The Balaban J connectivity index is 0.942. The van der Waals surface area contributed by atoms with Crippen LogP contribution in [0.15, 0.2) is 11.6 Å². The third kappa shape index (κ3) is 9.27. The number of hydrogen-bond acceptors (Lipinski definition) is 22. The maximum atomic E-state index is 15.3. The number of aliphatic hydroxyl groups excluding tert-OH is 11. The quantitative estimate of drug-likeness (QED) is 0.0782. The van der Waals surface area contributed by atoms with E-state index in [2.05, 4.69) is 54.5 Å². The van der Waals surface area contributed by atoms with Gasteiger partial charge in [-0.25, -0.2) is 4.79 Å². The van der Waals surface area contributed by atoms with Gasteiger partial charge in [0.1, 0.15) is 72.6 Å². The average Bonchev–Trinajstić information content (AvgIpc) is 3.38. The van der Waals surface area contributed by atoms with Gasteiger partial charge in [0, 0.05) is 0 Å². The minimum absolute atomic E-state index is 0.112. The molecule has 4 saturated heterocycles. The van der Waals surface area contributed by atoms with Gasteiger partial charge in [0.15, 0.2) is 31.1 Å². The summed E-state index contributed by atoms with van der Waals surface area (Å²) in [5.41, 5.74) is -2.25. The number of aliphatic hydroxyl groups is 11. The van der Waals surface area contributed by atoms with Crippen LogP contribution in [0.3, 0.4) is 0 Å². The van der Waals surface area contributed by atoms with Crippen LogP contribution < -0.4 is 0 Å². The summed E-state index contributed by atoms with van der Waals surface area (Å²) in [7, 11) is 1.14. The minimum atomic E-state index is -1.87. The van der Waals surface area contributed by atoms with Gasteiger partial charge in [-0.05, 0) is 110 Å². The van der Waals surface area contributed by atoms with Crippen LogP contribution in [0.1, 0.15) is 113 Å². The normalized spacial score (nSPS) is 53.4. The van der Waals surface area contributed by atoms with Crippen molar-refractivity contribution in [2.24, 2.45) is 50.2 Å². The Morgan fingerprint density at radius 3 is 1.91 bits per heavy atom. The van der Waals surface area contributed by atoms with Crippen LogP contribution >= 0.6 is 0 Å². The molecule has 4 aliphatic heterocycles. The standard InChI is InChI=1S/C53H84O22/c1-22-39(72-43-36(62)31(57)25(54)20-68-43)35(61)38(64)44(70-22)74-41-32(58)26(55)21-69-46(41)75-47(66)53-17-16-48(2,3)18-24(53)23-10-11-28-50(6)14-13-30(71-45-37(63)33(59)34(60)40(73-45)42(65)67-9)49(4,5)27(50)12-15-51(28,7)52(23,8)19-29(53)56/h10,22,24-41,43-46,54-64H,11-21H2,1-9H3/t22-,24+,25+,26-,27-,28+,29+,30-,31-,32-,33-,34-,35-,36+,37+,38+,39-,40-,41+,43-,44-,45+,46-,50-,51+,52+,53+/m0/s1. The van der Waals surface area contributed by atoms with Gasteiger partial charge in [-0.3, -0.25) is 4.79 Å². The maximum absolute atomic E-state index is 15.3. The molecular weight excluding hydrogens is 989 g/mol. The van der Waals surface area contributed by atoms with E-state index in [4.69, 9.17) is 42.6 Å². The van der Waals surface area contributed by atoms with Crippen molar-refractivity contribution >= 4 is 11.9 Å². The number of fused-ring (bicyclic) bond motifs is 7. The van der Waals surface area contributed by atoms with Crippen molar-refractivity contribution in [3.63, 3.8) is 0 Å². The fourth-order valence-corrected chi connectivity index (χ4v) is 16.1. The number of carbonyl (C=O) groups is 2. The van der Waals surface area contributed by atoms with E-state index in [9.17, 15) is 61.0 Å². The summed E-state index contributed by atoms with van der Waals surface area (Å²) in [6.07, 6.45) is -22.6. The Morgan fingerprint density at radius 1 is 0.613 bits per heavy atom. The van der Waals surface area contributed by atoms with Crippen molar-refractivity contribution in [1.29, 1.82) is 0 Å². The van der Waals surface area contributed by atoms with E-state index in [-0.39, 0.29) is 47.5 Å². The van der Waals surface area contributed by atoms with E-state index in [1.165, 1.54) is 6.92 Å². The topological polar surface area (TPSA) is 340 Å². The summed E-state index contributed by atoms with van der Waals surface area (Å²) in [4.78, 5) is 27.8. The van der Waals surface area contributed by atoms with Crippen molar-refractivity contribution in [3.8, 4) is 0 Å². The lowest BCUT2D eigenvalue weighted by Crippen LogP contribution is -2.68. The highest BCUT2D eigenvalue weighted by molar-refractivity contribution is 5.80. The highest BCUT2D eigenvalue weighted by Crippen LogP contribution is 2.76. The van der Waals surface area contributed by atoms with Gasteiger partial charge >= 0.3 is 11.9 Å². The molecule has 75 heavy (non-hydrogen) atoms. The third-order valence-electron chi connectivity index (χ3n) is 20.8. The first-order chi connectivity index (χ1) is 35.0. The lowest BCUT2D eigenvalue weighted by Gasteiger charge is -2.71. The van der Waals surface area contributed by atoms with Crippen LogP contribution in [0.5, 0.6) is 0 Å². The number of carbonyl (C=O) groups excluding carboxylic acids is 2. The predicted molar refractivity (Wildman–Crippen MR) is 256 cm³/mol. The Kier molecular flexibility index (Phi) is 15.8. The molecule has 22 nitrogen and oxygen atoms in total. The van der Waals surface area contributed by atoms with Gasteiger partial charge < -0.3 is 98.8 Å². The smallest absolute Gasteiger partial charge is 0.337 e. The van der Waals surface area contributed by atoms with Crippen molar-refractivity contribution < 1.29 is 108 Å². The molecule has 0 amide bonds. The van der Waals surface area contributed by atoms with E-state index in [0.29, 0.717) is 25.7 Å². The fourth-order valence-electron chi connectivity index (χ4n) is 16.1. The SMILES string of the molecule is COC(=O)[C@H]1O[C@@H](O[C@H]2CC[C@]3(C)[C@H]4CC=C5[C@H]6CC(C)(C)CC[C@]6(C(=O)O[C@@H]6OC[C@H](O)[C@H](O)[C@H]6O[C@@H]6O[C@@H](C)[C@H](O[C@@H]7OC[C@@H](O)[C@H](O)[C@H]7O)[C@@H](O)[C@H]6O)[C@H](O)C[C@@]5(C)[C@]4(C)CC[C@H]3C2(C)C)[C@H](O)[C@@H](O)[C@@H]1O. The summed E-state index contributed by atoms with van der Waals surface area (Å²) in [6, 6.07) is 0. The Morgan fingerprint density at radius 2 is 1.23 bits per heavy atom. The molecule has 0 spiro atoms. The zero-order valence-corrected chi connectivity index (χ0v) is 44.5. The summed E-state index contributed by atoms with van der Waals surface area (Å²) >= 11 is 0. The van der Waals surface area contributed by atoms with Gasteiger partial charge in [0.25, 0.3) is 0 Å². The molecule has 0 aromatic carbocycles. The first-order valence-electron chi connectivity index (χ1n) is 27.0. The van der Waals surface area contributed by atoms with Crippen molar-refractivity contribution in [1.82, 2.24) is 0 Å². The van der Waals surface area contributed by atoms with E-state index in [1.54, 1.807) is 0 Å². The molecule has 8 fully saturated rings. The van der Waals surface area contributed by atoms with Crippen molar-refractivity contribution in [3.05, 3.63) is 11.6 Å². The summed E-state index contributed by atoms with van der Waals surface area (Å²) in [5, 5.41) is 120. The molecule has 22 heteroatoms. The molecule has 428 valence electrons. The second-order valence-corrected chi connectivity index (χ2v) is 25.7. The second kappa shape index (κ2) is 20.5. The minimum Gasteiger partial charge on any atom is -0.467 e. The first-order valence-corrected chi connectivity index (χ1v) is 27.0. The lowest BCUT2D eigenvalue weighted by atomic mass is 9.33. The van der Waals surface area contributed by atoms with Crippen LogP contribution in [0.2, 0.25) is 0 Å². The lowest BCUT2D eigenvalue weighted by molar-refractivity contribution is -0.369. The molecular formula is C53H84O22. The molecule has 9 aliphatic rings. The predicted octanol–water partition coefficient (Wildman–Crippen LogP) is -0.578. The Bertz CT molecular complexity index is 2130. The number of allylic oxidation sites excluding steroid dienone is 2. The Labute approximate surface area is 437 Å². The molecule has 0 aromatic rings. The van der Waals surface area contributed by atoms with Gasteiger partial charge in [-0.2, -0.15) is 0 Å². The highest BCUT2D eigenvalue weighted by atomic mass is 16.8. The number of esters is 2. The van der Waals surface area contributed by atoms with Crippen molar-refractivity contribution in [2.45, 2.75) is 236 Å². The fraction of sp³-hybridized carbons (Fsp3) is 0.925. The van der Waals surface area contributed by atoms with E-state index >= 15 is 4.79 Å². The first kappa shape index (κ1) is 57.6. The molecule has 4 heterocycles. The number of ether oxygens (including phenoxy) is 9. The Hall–Kier alpha value is -2.04. The van der Waals surface area contributed by atoms with Crippen LogP contribution in [0.4, 0.5) is 0 Å². The maximum Gasteiger partial charge on any atom is 0.337 e. The van der Waals surface area contributed by atoms with E-state index < -0.39 is 164 Å². The summed E-state index contributed by atoms with van der Waals surface area (Å²) < 4.78 is 52.3. The van der Waals surface area contributed by atoms with E-state index in [0.717, 1.165) is 31.9 Å². The molecule has 0 radical (unpaired) electrons. The number of hydrogen-bond donors (Lipinski definition) is 11. The van der Waals surface area contributed by atoms with Gasteiger partial charge in [0.2, 0.25) is 6.29 Å².